The molecule has 1 saturated heterocycles. The first kappa shape index (κ1) is 17.3. The highest BCUT2D eigenvalue weighted by Gasteiger charge is 2.46. The lowest BCUT2D eigenvalue weighted by molar-refractivity contribution is -0.926. The molecule has 2 heterocycles. The van der Waals surface area contributed by atoms with Gasteiger partial charge in [0, 0.05) is 10.6 Å². The van der Waals surface area contributed by atoms with Crippen LogP contribution in [0.4, 0.5) is 0 Å². The molecule has 0 radical (unpaired) electrons. The highest BCUT2D eigenvalue weighted by atomic mass is 31.2. The van der Waals surface area contributed by atoms with Crippen LogP contribution in [-0.4, -0.2) is 26.3 Å². The van der Waals surface area contributed by atoms with Gasteiger partial charge in [-0.3, -0.25) is 0 Å². The third-order valence-corrected chi connectivity index (χ3v) is 8.46. The van der Waals surface area contributed by atoms with Crippen LogP contribution in [0.3, 0.4) is 0 Å². The van der Waals surface area contributed by atoms with Gasteiger partial charge in [0.05, 0.1) is 19.5 Å². The Morgan fingerprint density at radius 2 is 1.38 bits per heavy atom. The van der Waals surface area contributed by atoms with Gasteiger partial charge < -0.3 is 18.6 Å². The van der Waals surface area contributed by atoms with Crippen LogP contribution in [0, 0.1) is 0 Å². The summed E-state index contributed by atoms with van der Waals surface area (Å²) in [5.41, 5.74) is 0. The largest absolute Gasteiger partial charge is 0.462 e. The zero-order chi connectivity index (χ0) is 17.8. The summed E-state index contributed by atoms with van der Waals surface area (Å²) in [6.07, 6.45) is 1.67. The lowest BCUT2D eigenvalue weighted by atomic mass is 10.3. The first-order valence-corrected chi connectivity index (χ1v) is 10.7. The van der Waals surface area contributed by atoms with Crippen molar-refractivity contribution in [3.8, 4) is 0 Å². The lowest BCUT2D eigenvalue weighted by Crippen LogP contribution is -3.14. The van der Waals surface area contributed by atoms with E-state index in [0.717, 1.165) is 29.5 Å². The molecule has 5 heteroatoms. The Kier molecular flexibility index (Phi) is 5.07. The Morgan fingerprint density at radius 3 is 1.88 bits per heavy atom. The zero-order valence-electron chi connectivity index (χ0n) is 14.6. The fraction of sp³-hybridized carbons (Fsp3) is 0.238. The molecule has 1 fully saturated rings. The van der Waals surface area contributed by atoms with E-state index in [1.54, 1.807) is 6.26 Å². The molecule has 4 rings (SSSR count). The van der Waals surface area contributed by atoms with Crippen LogP contribution in [0.15, 0.2) is 83.5 Å². The van der Waals surface area contributed by atoms with Gasteiger partial charge in [0.25, 0.3) is 0 Å². The zero-order valence-corrected chi connectivity index (χ0v) is 15.5. The molecule has 0 spiro atoms. The molecular formula is C21H23NO3P+. The standard InChI is InChI=1S/C21H22NO3P/c23-26(18-8-3-1-4-9-18,19-10-5-2-6-11-19)21(20-12-7-15-25-20)22-13-16-24-17-14-22/h1-12,15,21H,13-14,16-17H2/p+1. The van der Waals surface area contributed by atoms with E-state index in [0.29, 0.717) is 13.2 Å². The average Bonchev–Trinajstić information content (AvgIpc) is 3.24. The number of hydrogen-bond acceptors (Lipinski definition) is 3. The Balaban J connectivity index is 1.91. The van der Waals surface area contributed by atoms with E-state index >= 15 is 0 Å². The van der Waals surface area contributed by atoms with Gasteiger partial charge in [0.1, 0.15) is 13.1 Å². The normalized spacial score (nSPS) is 17.1. The quantitative estimate of drug-likeness (QED) is 0.703. The highest BCUT2D eigenvalue weighted by Crippen LogP contribution is 2.54. The molecule has 26 heavy (non-hydrogen) atoms. The van der Waals surface area contributed by atoms with Gasteiger partial charge in [0.2, 0.25) is 12.9 Å². The second kappa shape index (κ2) is 7.63. The number of nitrogens with one attached hydrogen (secondary N) is 1. The van der Waals surface area contributed by atoms with E-state index < -0.39 is 7.14 Å². The predicted octanol–water partition coefficient (Wildman–Crippen LogP) is 2.21. The molecule has 1 aliphatic heterocycles. The Morgan fingerprint density at radius 1 is 0.808 bits per heavy atom. The minimum absolute atomic E-state index is 0.258. The van der Waals surface area contributed by atoms with Gasteiger partial charge in [-0.05, 0) is 12.1 Å². The Hall–Kier alpha value is -2.13. The van der Waals surface area contributed by atoms with Crippen LogP contribution < -0.4 is 15.5 Å². The molecule has 0 bridgehead atoms. The second-order valence-corrected chi connectivity index (χ2v) is 9.38. The molecule has 3 aromatic rings. The molecule has 1 N–H and O–H groups in total. The van der Waals surface area contributed by atoms with E-state index in [2.05, 4.69) is 0 Å². The first-order chi connectivity index (χ1) is 12.8. The number of hydrogen-bond donors (Lipinski definition) is 1. The summed E-state index contributed by atoms with van der Waals surface area (Å²) in [7, 11) is -2.98. The molecule has 4 nitrogen and oxygen atoms in total. The van der Waals surface area contributed by atoms with Crippen LogP contribution in [-0.2, 0) is 9.30 Å². The van der Waals surface area contributed by atoms with Gasteiger partial charge in [-0.2, -0.15) is 0 Å². The Labute approximate surface area is 153 Å². The van der Waals surface area contributed by atoms with Crippen molar-refractivity contribution in [3.05, 3.63) is 84.8 Å². The summed E-state index contributed by atoms with van der Waals surface area (Å²) in [5.74, 6) is 0.518. The van der Waals surface area contributed by atoms with Crippen LogP contribution in [0.25, 0.3) is 0 Å². The molecule has 0 aliphatic carbocycles. The van der Waals surface area contributed by atoms with Crippen LogP contribution >= 0.6 is 7.14 Å². The van der Waals surface area contributed by atoms with E-state index in [9.17, 15) is 4.57 Å². The SMILES string of the molecule is O=P(c1ccccc1)(c1ccccc1)C(c1ccco1)[NH+]1CCOCC1. The highest BCUT2D eigenvalue weighted by molar-refractivity contribution is 7.78. The number of benzene rings is 2. The maximum Gasteiger partial charge on any atom is 0.206 e. The van der Waals surface area contributed by atoms with E-state index in [1.807, 2.05) is 72.8 Å². The molecule has 1 unspecified atom stereocenters. The lowest BCUT2D eigenvalue weighted by Gasteiger charge is -2.35. The van der Waals surface area contributed by atoms with Crippen LogP contribution in [0.2, 0.25) is 0 Å². The van der Waals surface area contributed by atoms with E-state index in [-0.39, 0.29) is 5.78 Å². The molecule has 1 atom stereocenters. The maximum atomic E-state index is 14.8. The molecule has 134 valence electrons. The van der Waals surface area contributed by atoms with Crippen LogP contribution in [0.5, 0.6) is 0 Å². The minimum atomic E-state index is -2.98. The van der Waals surface area contributed by atoms with Crippen molar-refractivity contribution in [2.45, 2.75) is 5.78 Å². The molecular weight excluding hydrogens is 345 g/mol. The monoisotopic (exact) mass is 368 g/mol. The predicted molar refractivity (Wildman–Crippen MR) is 103 cm³/mol. The Bertz CT molecular complexity index is 815. The van der Waals surface area contributed by atoms with Gasteiger partial charge >= 0.3 is 0 Å². The summed E-state index contributed by atoms with van der Waals surface area (Å²) in [6.45, 7) is 2.98. The fourth-order valence-corrected chi connectivity index (χ4v) is 7.14. The first-order valence-electron chi connectivity index (χ1n) is 8.97. The van der Waals surface area contributed by atoms with Gasteiger partial charge in [-0.15, -0.1) is 0 Å². The van der Waals surface area contributed by atoms with Crippen LogP contribution in [0.1, 0.15) is 11.5 Å². The number of rotatable bonds is 5. The number of furan rings is 1. The maximum absolute atomic E-state index is 14.8. The molecule has 1 aromatic heterocycles. The topological polar surface area (TPSA) is 43.9 Å². The van der Waals surface area contributed by atoms with Crippen molar-refractivity contribution < 1.29 is 18.6 Å². The minimum Gasteiger partial charge on any atom is -0.462 e. The summed E-state index contributed by atoms with van der Waals surface area (Å²) >= 11 is 0. The van der Waals surface area contributed by atoms with E-state index in [1.165, 1.54) is 4.90 Å². The third-order valence-electron chi connectivity index (χ3n) is 4.98. The smallest absolute Gasteiger partial charge is 0.206 e. The molecule has 1 aliphatic rings. The van der Waals surface area contributed by atoms with Gasteiger partial charge in [-0.25, -0.2) is 0 Å². The summed E-state index contributed by atoms with van der Waals surface area (Å²) < 4.78 is 26.1. The van der Waals surface area contributed by atoms with Crippen molar-refractivity contribution in [2.75, 3.05) is 26.3 Å². The molecule has 0 saturated carbocycles. The number of morpholine rings is 1. The van der Waals surface area contributed by atoms with Crippen molar-refractivity contribution in [1.82, 2.24) is 0 Å². The summed E-state index contributed by atoms with van der Waals surface area (Å²) in [5, 5.41) is 1.73. The summed E-state index contributed by atoms with van der Waals surface area (Å²) in [6, 6.07) is 23.5. The number of ether oxygens (including phenoxy) is 1. The number of quaternary nitrogens is 1. The van der Waals surface area contributed by atoms with Crippen molar-refractivity contribution in [1.29, 1.82) is 0 Å². The van der Waals surface area contributed by atoms with E-state index in [4.69, 9.17) is 9.15 Å². The fourth-order valence-electron chi connectivity index (χ4n) is 3.74. The van der Waals surface area contributed by atoms with Gasteiger partial charge in [0.15, 0.2) is 5.76 Å². The average molecular weight is 368 g/mol. The van der Waals surface area contributed by atoms with Crippen molar-refractivity contribution >= 4 is 17.8 Å². The van der Waals surface area contributed by atoms with Crippen molar-refractivity contribution in [2.24, 2.45) is 0 Å². The van der Waals surface area contributed by atoms with Gasteiger partial charge in [-0.1, -0.05) is 60.7 Å². The second-order valence-electron chi connectivity index (χ2n) is 6.52. The summed E-state index contributed by atoms with van der Waals surface area (Å²) in [4.78, 5) is 1.25. The molecule has 2 aromatic carbocycles. The van der Waals surface area contributed by atoms with Crippen molar-refractivity contribution in [3.63, 3.8) is 0 Å². The third kappa shape index (κ3) is 3.16. The molecule has 0 amide bonds.